The van der Waals surface area contributed by atoms with E-state index in [9.17, 15) is 8.78 Å². The van der Waals surface area contributed by atoms with Gasteiger partial charge in [0.1, 0.15) is 5.75 Å². The fraction of sp³-hybridized carbons (Fsp3) is 0.462. The van der Waals surface area contributed by atoms with Crippen LogP contribution in [0, 0.1) is 0 Å². The molecular weight excluding hydrogens is 252 g/mol. The molecular formula is C13H17F2N3O. The van der Waals surface area contributed by atoms with E-state index >= 15 is 0 Å². The molecule has 19 heavy (non-hydrogen) atoms. The lowest BCUT2D eigenvalue weighted by Gasteiger charge is -2.16. The molecule has 2 rings (SSSR count). The van der Waals surface area contributed by atoms with E-state index in [4.69, 9.17) is 5.73 Å². The third-order valence-corrected chi connectivity index (χ3v) is 3.00. The highest BCUT2D eigenvalue weighted by Gasteiger charge is 2.27. The minimum Gasteiger partial charge on any atom is -0.435 e. The average Bonchev–Trinajstić information content (AvgIpc) is 3.19. The second-order valence-corrected chi connectivity index (χ2v) is 4.54. The van der Waals surface area contributed by atoms with Crippen LogP contribution in [0.25, 0.3) is 0 Å². The minimum atomic E-state index is -2.81. The molecule has 1 fully saturated rings. The minimum absolute atomic E-state index is 0.136. The highest BCUT2D eigenvalue weighted by molar-refractivity contribution is 5.78. The predicted octanol–water partition coefficient (Wildman–Crippen LogP) is 2.20. The molecule has 0 spiro atoms. The quantitative estimate of drug-likeness (QED) is 0.658. The Morgan fingerprint density at radius 3 is 2.89 bits per heavy atom. The third kappa shape index (κ3) is 4.08. The second kappa shape index (κ2) is 5.86. The van der Waals surface area contributed by atoms with Crippen LogP contribution in [0.2, 0.25) is 0 Å². The highest BCUT2D eigenvalue weighted by Crippen LogP contribution is 2.25. The van der Waals surface area contributed by atoms with Crippen LogP contribution in [0.5, 0.6) is 5.75 Å². The van der Waals surface area contributed by atoms with Crippen LogP contribution in [-0.2, 0) is 6.54 Å². The van der Waals surface area contributed by atoms with Gasteiger partial charge in [-0.25, -0.2) is 4.99 Å². The fourth-order valence-corrected chi connectivity index (χ4v) is 1.75. The van der Waals surface area contributed by atoms with Gasteiger partial charge in [-0.15, -0.1) is 0 Å². The van der Waals surface area contributed by atoms with Gasteiger partial charge in [0.05, 0.1) is 6.54 Å². The molecule has 0 bridgehead atoms. The maximum absolute atomic E-state index is 12.1. The van der Waals surface area contributed by atoms with Gasteiger partial charge in [-0.1, -0.05) is 12.1 Å². The molecule has 0 radical (unpaired) electrons. The summed E-state index contributed by atoms with van der Waals surface area (Å²) in [5, 5.41) is 0. The maximum Gasteiger partial charge on any atom is 0.387 e. The number of nitrogens with two attached hydrogens (primary N) is 1. The van der Waals surface area contributed by atoms with E-state index in [-0.39, 0.29) is 5.75 Å². The summed E-state index contributed by atoms with van der Waals surface area (Å²) in [7, 11) is 1.91. The van der Waals surface area contributed by atoms with Crippen molar-refractivity contribution in [2.45, 2.75) is 32.0 Å². The van der Waals surface area contributed by atoms with Crippen molar-refractivity contribution in [3.8, 4) is 5.75 Å². The maximum atomic E-state index is 12.1. The Balaban J connectivity index is 1.96. The Morgan fingerprint density at radius 1 is 1.53 bits per heavy atom. The van der Waals surface area contributed by atoms with E-state index < -0.39 is 6.61 Å². The lowest BCUT2D eigenvalue weighted by molar-refractivity contribution is -0.0498. The normalized spacial score (nSPS) is 15.7. The molecule has 0 aromatic heterocycles. The van der Waals surface area contributed by atoms with Crippen LogP contribution in [-0.4, -0.2) is 30.6 Å². The van der Waals surface area contributed by atoms with Crippen LogP contribution in [0.15, 0.2) is 29.3 Å². The zero-order valence-corrected chi connectivity index (χ0v) is 10.7. The first-order valence-electron chi connectivity index (χ1n) is 6.13. The summed E-state index contributed by atoms with van der Waals surface area (Å²) in [5.41, 5.74) is 6.63. The Bertz CT molecular complexity index is 461. The van der Waals surface area contributed by atoms with Crippen molar-refractivity contribution in [1.82, 2.24) is 4.90 Å². The van der Waals surface area contributed by atoms with Crippen molar-refractivity contribution in [3.63, 3.8) is 0 Å². The number of alkyl halides is 2. The smallest absolute Gasteiger partial charge is 0.387 e. The highest BCUT2D eigenvalue weighted by atomic mass is 19.3. The second-order valence-electron chi connectivity index (χ2n) is 4.54. The Labute approximate surface area is 110 Å². The Morgan fingerprint density at radius 2 is 2.26 bits per heavy atom. The van der Waals surface area contributed by atoms with Crippen LogP contribution < -0.4 is 10.5 Å². The fourth-order valence-electron chi connectivity index (χ4n) is 1.75. The molecule has 0 heterocycles. The van der Waals surface area contributed by atoms with Crippen molar-refractivity contribution < 1.29 is 13.5 Å². The molecule has 6 heteroatoms. The summed E-state index contributed by atoms with van der Waals surface area (Å²) in [6.07, 6.45) is 2.29. The molecule has 0 atom stereocenters. The number of benzene rings is 1. The van der Waals surface area contributed by atoms with Gasteiger partial charge in [0.25, 0.3) is 0 Å². The summed E-state index contributed by atoms with van der Waals surface area (Å²) in [6, 6.07) is 6.98. The molecule has 0 amide bonds. The number of rotatable bonds is 5. The monoisotopic (exact) mass is 269 g/mol. The van der Waals surface area contributed by atoms with Gasteiger partial charge in [0.15, 0.2) is 5.96 Å². The zero-order valence-electron chi connectivity index (χ0n) is 10.7. The molecule has 1 aliphatic rings. The molecule has 1 aromatic rings. The van der Waals surface area contributed by atoms with E-state index in [0.717, 1.165) is 18.4 Å². The number of hydrogen-bond acceptors (Lipinski definition) is 2. The summed E-state index contributed by atoms with van der Waals surface area (Å²) in [4.78, 5) is 6.20. The van der Waals surface area contributed by atoms with Gasteiger partial charge < -0.3 is 15.4 Å². The first-order valence-corrected chi connectivity index (χ1v) is 6.13. The van der Waals surface area contributed by atoms with Crippen LogP contribution in [0.3, 0.4) is 0 Å². The first-order chi connectivity index (χ1) is 9.06. The molecule has 0 unspecified atom stereocenters. The lowest BCUT2D eigenvalue weighted by Crippen LogP contribution is -2.35. The summed E-state index contributed by atoms with van der Waals surface area (Å²) >= 11 is 0. The van der Waals surface area contributed by atoms with Crippen molar-refractivity contribution in [1.29, 1.82) is 0 Å². The molecule has 1 aliphatic carbocycles. The Hall–Kier alpha value is -1.85. The van der Waals surface area contributed by atoms with Gasteiger partial charge in [-0.05, 0) is 30.5 Å². The van der Waals surface area contributed by atoms with Crippen molar-refractivity contribution in [2.75, 3.05) is 7.05 Å². The molecule has 4 nitrogen and oxygen atoms in total. The van der Waals surface area contributed by atoms with E-state index in [1.54, 1.807) is 18.2 Å². The molecule has 104 valence electrons. The van der Waals surface area contributed by atoms with E-state index in [1.165, 1.54) is 6.07 Å². The van der Waals surface area contributed by atoms with E-state index in [1.807, 2.05) is 11.9 Å². The molecule has 0 saturated heterocycles. The number of halogens is 2. The standard InChI is InChI=1S/C13H17F2N3O/c1-18(10-5-6-10)13(16)17-8-9-3-2-4-11(7-9)19-12(14)15/h2-4,7,10,12H,5-6,8H2,1H3,(H2,16,17). The number of hydrogen-bond donors (Lipinski definition) is 1. The molecule has 1 aromatic carbocycles. The molecule has 0 aliphatic heterocycles. The van der Waals surface area contributed by atoms with Crippen LogP contribution >= 0.6 is 0 Å². The summed E-state index contributed by atoms with van der Waals surface area (Å²) in [6.45, 7) is -2.46. The lowest BCUT2D eigenvalue weighted by atomic mass is 10.2. The van der Waals surface area contributed by atoms with Crippen molar-refractivity contribution in [3.05, 3.63) is 29.8 Å². The number of nitrogens with zero attached hydrogens (tertiary/aromatic N) is 2. The number of ether oxygens (including phenoxy) is 1. The molecule has 1 saturated carbocycles. The largest absolute Gasteiger partial charge is 0.435 e. The summed E-state index contributed by atoms with van der Waals surface area (Å²) in [5.74, 6) is 0.611. The van der Waals surface area contributed by atoms with Crippen molar-refractivity contribution >= 4 is 5.96 Å². The molecule has 2 N–H and O–H groups in total. The Kier molecular flexibility index (Phi) is 4.19. The predicted molar refractivity (Wildman–Crippen MR) is 69.2 cm³/mol. The van der Waals surface area contributed by atoms with Gasteiger partial charge in [-0.3, -0.25) is 0 Å². The van der Waals surface area contributed by atoms with E-state index in [0.29, 0.717) is 18.5 Å². The number of aliphatic imine (C=N–C) groups is 1. The first kappa shape index (κ1) is 13.6. The number of guanidine groups is 1. The SMILES string of the molecule is CN(C(N)=NCc1cccc(OC(F)F)c1)C1CC1. The van der Waals surface area contributed by atoms with Gasteiger partial charge in [0.2, 0.25) is 0 Å². The van der Waals surface area contributed by atoms with Gasteiger partial charge in [-0.2, -0.15) is 8.78 Å². The van der Waals surface area contributed by atoms with Crippen LogP contribution in [0.1, 0.15) is 18.4 Å². The zero-order chi connectivity index (χ0) is 13.8. The van der Waals surface area contributed by atoms with Gasteiger partial charge >= 0.3 is 6.61 Å². The average molecular weight is 269 g/mol. The van der Waals surface area contributed by atoms with Gasteiger partial charge in [0, 0.05) is 13.1 Å². The third-order valence-electron chi connectivity index (χ3n) is 3.00. The van der Waals surface area contributed by atoms with E-state index in [2.05, 4.69) is 9.73 Å². The summed E-state index contributed by atoms with van der Waals surface area (Å²) < 4.78 is 28.5. The van der Waals surface area contributed by atoms with Crippen LogP contribution in [0.4, 0.5) is 8.78 Å². The topological polar surface area (TPSA) is 50.8 Å². The van der Waals surface area contributed by atoms with Crippen molar-refractivity contribution in [2.24, 2.45) is 10.7 Å².